The molecular weight excluding hydrogens is 484 g/mol. The molecule has 1 rings (SSSR count). The van der Waals surface area contributed by atoms with Crippen molar-refractivity contribution in [2.45, 2.75) is 95.7 Å². The van der Waals surface area contributed by atoms with Crippen LogP contribution in [0.3, 0.4) is 0 Å². The zero-order chi connectivity index (χ0) is 28.0. The van der Waals surface area contributed by atoms with Gasteiger partial charge in [-0.05, 0) is 45.1 Å². The van der Waals surface area contributed by atoms with Crippen LogP contribution in [0.1, 0.15) is 65.2 Å². The molecule has 0 bridgehead atoms. The van der Waals surface area contributed by atoms with Gasteiger partial charge in [0.25, 0.3) is 0 Å². The Morgan fingerprint density at radius 2 is 1.79 bits per heavy atom. The summed E-state index contributed by atoms with van der Waals surface area (Å²) >= 11 is 0. The number of hydrogen-bond donors (Lipinski definition) is 3. The number of aliphatic hydroxyl groups excluding tert-OH is 3. The Morgan fingerprint density at radius 1 is 1.08 bits per heavy atom. The number of allylic oxidation sites excluding steroid dienone is 7. The van der Waals surface area contributed by atoms with Crippen LogP contribution < -0.4 is 0 Å². The quantitative estimate of drug-likeness (QED) is 0.341. The van der Waals surface area contributed by atoms with Gasteiger partial charge in [-0.25, -0.2) is 4.79 Å². The minimum absolute atomic E-state index is 0.0453. The molecule has 3 N–H and O–H groups in total. The van der Waals surface area contributed by atoms with Crippen molar-refractivity contribution in [1.29, 1.82) is 0 Å². The first kappa shape index (κ1) is 33.0. The molecular formula is C31H44O7. The highest BCUT2D eigenvalue weighted by molar-refractivity contribution is 5.82. The maximum absolute atomic E-state index is 12.2. The number of hydrogen-bond acceptors (Lipinski definition) is 7. The summed E-state index contributed by atoms with van der Waals surface area (Å²) in [7, 11) is 0. The first-order valence-electron chi connectivity index (χ1n) is 13.4. The predicted octanol–water partition coefficient (Wildman–Crippen LogP) is 4.96. The first-order chi connectivity index (χ1) is 18.3. The summed E-state index contributed by atoms with van der Waals surface area (Å²) in [5, 5.41) is 29.8. The molecule has 7 heteroatoms. The lowest BCUT2D eigenvalue weighted by atomic mass is 10.1. The van der Waals surface area contributed by atoms with E-state index in [2.05, 4.69) is 0 Å². The van der Waals surface area contributed by atoms with Gasteiger partial charge in [0.2, 0.25) is 0 Å². The molecule has 0 saturated carbocycles. The maximum atomic E-state index is 12.2. The second kappa shape index (κ2) is 21.0. The van der Waals surface area contributed by atoms with Gasteiger partial charge in [0.05, 0.1) is 30.8 Å². The lowest BCUT2D eigenvalue weighted by molar-refractivity contribution is -0.145. The van der Waals surface area contributed by atoms with Gasteiger partial charge in [0.1, 0.15) is 6.10 Å². The minimum atomic E-state index is -0.750. The van der Waals surface area contributed by atoms with Crippen LogP contribution in [-0.4, -0.2) is 57.8 Å². The first-order valence-corrected chi connectivity index (χ1v) is 13.4. The van der Waals surface area contributed by atoms with E-state index in [1.54, 1.807) is 66.8 Å². The zero-order valence-electron chi connectivity index (χ0n) is 22.6. The van der Waals surface area contributed by atoms with Gasteiger partial charge in [-0.15, -0.1) is 0 Å². The van der Waals surface area contributed by atoms with Gasteiger partial charge >= 0.3 is 11.9 Å². The van der Waals surface area contributed by atoms with Crippen molar-refractivity contribution in [2.75, 3.05) is 0 Å². The highest BCUT2D eigenvalue weighted by Gasteiger charge is 2.10. The summed E-state index contributed by atoms with van der Waals surface area (Å²) in [6.45, 7) is 3.70. The van der Waals surface area contributed by atoms with Gasteiger partial charge in [0.15, 0.2) is 0 Å². The summed E-state index contributed by atoms with van der Waals surface area (Å²) in [6.07, 6.45) is 25.1. The van der Waals surface area contributed by atoms with Crippen molar-refractivity contribution in [2.24, 2.45) is 0 Å². The second-order valence-corrected chi connectivity index (χ2v) is 9.16. The summed E-state index contributed by atoms with van der Waals surface area (Å²) < 4.78 is 10.9. The lowest BCUT2D eigenvalue weighted by Gasteiger charge is -2.12. The van der Waals surface area contributed by atoms with Crippen LogP contribution in [0.5, 0.6) is 0 Å². The van der Waals surface area contributed by atoms with E-state index in [-0.39, 0.29) is 18.9 Å². The van der Waals surface area contributed by atoms with Crippen molar-refractivity contribution in [1.82, 2.24) is 0 Å². The topological polar surface area (TPSA) is 113 Å². The van der Waals surface area contributed by atoms with Gasteiger partial charge in [-0.3, -0.25) is 4.79 Å². The second-order valence-electron chi connectivity index (χ2n) is 9.16. The smallest absolute Gasteiger partial charge is 0.331 e. The molecule has 5 atom stereocenters. The van der Waals surface area contributed by atoms with E-state index in [4.69, 9.17) is 9.47 Å². The van der Waals surface area contributed by atoms with Crippen LogP contribution in [0.4, 0.5) is 0 Å². The lowest BCUT2D eigenvalue weighted by Crippen LogP contribution is -2.15. The van der Waals surface area contributed by atoms with Crippen LogP contribution in [0.2, 0.25) is 0 Å². The average Bonchev–Trinajstić information content (AvgIpc) is 2.86. The Balaban J connectivity index is 2.87. The standard InChI is InChI=1S/C31H44O7/c1-3-26(32)19-15-23-31(36)38-29-20-12-7-11-18-28(34)24-27(33)17-10-6-4-5-9-16-25(2)37-30(35)22-14-8-13-21-29/h4,6-8,10-15,17,19-20,22,25-29,32-34H,3,5,9,16,18,21,23-24H2,1-2H3/b6-4-,11-7-,13-8+,17-10+,19-15+,20-12?,22-14-/t25-,26+,27+,28+,29-/m1/s1. The number of esters is 2. The highest BCUT2D eigenvalue weighted by atomic mass is 16.5. The average molecular weight is 529 g/mol. The van der Waals surface area contributed by atoms with Gasteiger partial charge in [0, 0.05) is 18.9 Å². The highest BCUT2D eigenvalue weighted by Crippen LogP contribution is 2.09. The molecule has 38 heavy (non-hydrogen) atoms. The van der Waals surface area contributed by atoms with Crippen LogP contribution >= 0.6 is 0 Å². The van der Waals surface area contributed by atoms with E-state index in [0.29, 0.717) is 19.3 Å². The summed E-state index contributed by atoms with van der Waals surface area (Å²) in [5.74, 6) is -0.842. The van der Waals surface area contributed by atoms with E-state index in [0.717, 1.165) is 19.3 Å². The molecule has 0 aromatic carbocycles. The Bertz CT molecular complexity index is 879. The van der Waals surface area contributed by atoms with Gasteiger partial charge < -0.3 is 24.8 Å². The third-order valence-electron chi connectivity index (χ3n) is 5.57. The number of carbonyl (C=O) groups excluding carboxylic acids is 2. The molecule has 7 nitrogen and oxygen atoms in total. The van der Waals surface area contributed by atoms with Gasteiger partial charge in [-0.1, -0.05) is 79.8 Å². The predicted molar refractivity (Wildman–Crippen MR) is 150 cm³/mol. The molecule has 1 aliphatic heterocycles. The fourth-order valence-electron chi connectivity index (χ4n) is 3.41. The van der Waals surface area contributed by atoms with Gasteiger partial charge in [-0.2, -0.15) is 0 Å². The molecule has 0 aromatic rings. The largest absolute Gasteiger partial charge is 0.460 e. The molecule has 0 saturated heterocycles. The molecule has 1 aliphatic rings. The molecule has 0 aliphatic carbocycles. The summed E-state index contributed by atoms with van der Waals surface area (Å²) in [5.41, 5.74) is 0. The molecule has 210 valence electrons. The Labute approximate surface area is 227 Å². The zero-order valence-corrected chi connectivity index (χ0v) is 22.6. The van der Waals surface area contributed by atoms with Crippen LogP contribution in [-0.2, 0) is 19.1 Å². The molecule has 0 unspecified atom stereocenters. The Hall–Kier alpha value is -3.00. The van der Waals surface area contributed by atoms with Crippen molar-refractivity contribution >= 4 is 11.9 Å². The van der Waals surface area contributed by atoms with E-state index >= 15 is 0 Å². The van der Waals surface area contributed by atoms with Crippen LogP contribution in [0.15, 0.2) is 85.1 Å². The van der Waals surface area contributed by atoms with E-state index in [1.807, 2.05) is 26.0 Å². The van der Waals surface area contributed by atoms with Crippen molar-refractivity contribution in [3.8, 4) is 0 Å². The Kier molecular flexibility index (Phi) is 18.2. The number of aliphatic hydroxyl groups is 3. The Morgan fingerprint density at radius 3 is 2.58 bits per heavy atom. The number of cyclic esters (lactones) is 1. The van der Waals surface area contributed by atoms with E-state index in [1.165, 1.54) is 6.08 Å². The third kappa shape index (κ3) is 18.3. The normalized spacial score (nSPS) is 29.9. The van der Waals surface area contributed by atoms with Crippen molar-refractivity contribution in [3.63, 3.8) is 0 Å². The molecule has 0 fully saturated rings. The third-order valence-corrected chi connectivity index (χ3v) is 5.57. The molecule has 0 aromatic heterocycles. The van der Waals surface area contributed by atoms with E-state index in [9.17, 15) is 24.9 Å². The summed E-state index contributed by atoms with van der Waals surface area (Å²) in [4.78, 5) is 24.3. The number of carbonyl (C=O) groups is 2. The molecule has 1 heterocycles. The van der Waals surface area contributed by atoms with Crippen molar-refractivity contribution < 1.29 is 34.4 Å². The van der Waals surface area contributed by atoms with E-state index < -0.39 is 36.4 Å². The maximum Gasteiger partial charge on any atom is 0.331 e. The molecule has 0 amide bonds. The SMILES string of the molecule is CC[C@H](O)/C=C/CC(=O)O[C@@H]1C=C/C=C\C[C@H](O)C[C@@H](O)/C=C/C=C\CCC[C@@H](C)OC(=O)/C=C\C=C\C1. The van der Waals surface area contributed by atoms with Crippen LogP contribution in [0.25, 0.3) is 0 Å². The fraction of sp³-hybridized carbons (Fsp3) is 0.484. The number of ether oxygens (including phenoxy) is 2. The molecule has 0 spiro atoms. The van der Waals surface area contributed by atoms with Crippen LogP contribution in [0, 0.1) is 0 Å². The van der Waals surface area contributed by atoms with Crippen molar-refractivity contribution in [3.05, 3.63) is 85.1 Å². The minimum Gasteiger partial charge on any atom is -0.460 e. The molecule has 0 radical (unpaired) electrons. The monoisotopic (exact) mass is 528 g/mol. The summed E-state index contributed by atoms with van der Waals surface area (Å²) in [6, 6.07) is 0. The fourth-order valence-corrected chi connectivity index (χ4v) is 3.41. The number of rotatable bonds is 5.